The molecule has 0 amide bonds. The highest BCUT2D eigenvalue weighted by Gasteiger charge is 2.26. The number of benzene rings is 1. The molecular formula is C16H11ClN6O4S. The van der Waals surface area contributed by atoms with E-state index in [1.54, 1.807) is 13.8 Å². The lowest BCUT2D eigenvalue weighted by molar-refractivity contribution is -0.422. The van der Waals surface area contributed by atoms with Crippen LogP contribution in [0.2, 0.25) is 5.02 Å². The number of nitro groups is 2. The Balaban J connectivity index is 1.96. The van der Waals surface area contributed by atoms with E-state index in [-0.39, 0.29) is 11.3 Å². The zero-order chi connectivity index (χ0) is 20.6. The van der Waals surface area contributed by atoms with Crippen molar-refractivity contribution >= 4 is 45.8 Å². The molecule has 0 unspecified atom stereocenters. The lowest BCUT2D eigenvalue weighted by Gasteiger charge is -2.09. The second-order valence-electron chi connectivity index (χ2n) is 5.77. The first-order valence-electron chi connectivity index (χ1n) is 7.74. The number of aryl methyl sites for hydroxylation is 1. The van der Waals surface area contributed by atoms with Gasteiger partial charge in [0, 0.05) is 6.07 Å². The summed E-state index contributed by atoms with van der Waals surface area (Å²) >= 11 is 7.38. The van der Waals surface area contributed by atoms with Crippen molar-refractivity contribution in [2.75, 3.05) is 0 Å². The van der Waals surface area contributed by atoms with Gasteiger partial charge in [0.05, 0.1) is 49.0 Å². The van der Waals surface area contributed by atoms with Crippen LogP contribution >= 0.6 is 23.4 Å². The van der Waals surface area contributed by atoms with Crippen molar-refractivity contribution in [2.24, 2.45) is 0 Å². The molecule has 12 heteroatoms. The maximum absolute atomic E-state index is 11.1. The second kappa shape index (κ2) is 7.41. The Labute approximate surface area is 166 Å². The van der Waals surface area contributed by atoms with E-state index in [0.717, 1.165) is 12.1 Å². The molecule has 142 valence electrons. The molecule has 1 aromatic carbocycles. The van der Waals surface area contributed by atoms with Crippen LogP contribution in [0.1, 0.15) is 22.6 Å². The lowest BCUT2D eigenvalue weighted by Crippen LogP contribution is -1.97. The Bertz CT molecular complexity index is 1140. The van der Waals surface area contributed by atoms with Gasteiger partial charge in [0.25, 0.3) is 0 Å². The SMILES string of the molecule is Cc1nc(SCc2nc3cc([N+](=O)[O-])c([N+](=O)[O-])cc3[nH]2)c(C#N)c(C)c1Cl. The summed E-state index contributed by atoms with van der Waals surface area (Å²) in [6.45, 7) is 3.47. The fourth-order valence-corrected chi connectivity index (χ4v) is 3.71. The van der Waals surface area contributed by atoms with Crippen molar-refractivity contribution in [1.29, 1.82) is 5.26 Å². The molecular weight excluding hydrogens is 408 g/mol. The molecule has 0 aliphatic rings. The summed E-state index contributed by atoms with van der Waals surface area (Å²) in [5.41, 5.74) is 0.905. The molecule has 2 heterocycles. The molecule has 1 N–H and O–H groups in total. The number of nitrogens with zero attached hydrogens (tertiary/aromatic N) is 5. The smallest absolute Gasteiger partial charge is 0.341 e. The predicted molar refractivity (Wildman–Crippen MR) is 102 cm³/mol. The molecule has 0 saturated carbocycles. The molecule has 28 heavy (non-hydrogen) atoms. The molecule has 0 aliphatic carbocycles. The zero-order valence-electron chi connectivity index (χ0n) is 14.5. The minimum atomic E-state index is -0.816. The number of aromatic amines is 1. The number of H-pyrrole nitrogens is 1. The van der Waals surface area contributed by atoms with E-state index >= 15 is 0 Å². The van der Waals surface area contributed by atoms with E-state index in [4.69, 9.17) is 11.6 Å². The third-order valence-electron chi connectivity index (χ3n) is 3.98. The molecule has 0 bridgehead atoms. The summed E-state index contributed by atoms with van der Waals surface area (Å²) in [5, 5.41) is 32.4. The first kappa shape index (κ1) is 19.5. The van der Waals surface area contributed by atoms with Gasteiger partial charge in [-0.2, -0.15) is 5.26 Å². The summed E-state index contributed by atoms with van der Waals surface area (Å²) in [6, 6.07) is 4.24. The van der Waals surface area contributed by atoms with Gasteiger partial charge < -0.3 is 4.98 Å². The molecule has 0 saturated heterocycles. The lowest BCUT2D eigenvalue weighted by atomic mass is 10.1. The maximum atomic E-state index is 11.1. The maximum Gasteiger partial charge on any atom is 0.348 e. The van der Waals surface area contributed by atoms with Gasteiger partial charge in [-0.3, -0.25) is 20.2 Å². The topological polar surface area (TPSA) is 152 Å². The van der Waals surface area contributed by atoms with E-state index in [1.807, 2.05) is 0 Å². The number of halogens is 1. The Kier molecular flexibility index (Phi) is 5.17. The van der Waals surface area contributed by atoms with Gasteiger partial charge in [0.2, 0.25) is 0 Å². The van der Waals surface area contributed by atoms with Crippen LogP contribution in [0.15, 0.2) is 17.2 Å². The monoisotopic (exact) mass is 418 g/mol. The van der Waals surface area contributed by atoms with Gasteiger partial charge in [-0.15, -0.1) is 0 Å². The largest absolute Gasteiger partial charge is 0.348 e. The number of hydrogen-bond acceptors (Lipinski definition) is 8. The fourth-order valence-electron chi connectivity index (χ4n) is 2.62. The van der Waals surface area contributed by atoms with Gasteiger partial charge in [0.1, 0.15) is 16.9 Å². The van der Waals surface area contributed by atoms with Gasteiger partial charge >= 0.3 is 11.4 Å². The average Bonchev–Trinajstić information content (AvgIpc) is 3.05. The Morgan fingerprint density at radius 3 is 2.46 bits per heavy atom. The van der Waals surface area contributed by atoms with Crippen molar-refractivity contribution < 1.29 is 9.85 Å². The van der Waals surface area contributed by atoms with Gasteiger partial charge in [-0.1, -0.05) is 23.4 Å². The summed E-state index contributed by atoms with van der Waals surface area (Å²) < 4.78 is 0. The number of hydrogen-bond donors (Lipinski definition) is 1. The van der Waals surface area contributed by atoms with Crippen molar-refractivity contribution in [1.82, 2.24) is 15.0 Å². The molecule has 2 aromatic heterocycles. The van der Waals surface area contributed by atoms with Crippen LogP contribution in [0.5, 0.6) is 0 Å². The van der Waals surface area contributed by atoms with E-state index in [1.165, 1.54) is 11.8 Å². The van der Waals surface area contributed by atoms with Crippen molar-refractivity contribution in [3.8, 4) is 6.07 Å². The highest BCUT2D eigenvalue weighted by Crippen LogP contribution is 2.33. The zero-order valence-corrected chi connectivity index (χ0v) is 16.1. The highest BCUT2D eigenvalue weighted by atomic mass is 35.5. The normalized spacial score (nSPS) is 10.8. The minimum absolute atomic E-state index is 0.241. The first-order valence-corrected chi connectivity index (χ1v) is 9.10. The van der Waals surface area contributed by atoms with Crippen LogP contribution in [0.4, 0.5) is 11.4 Å². The molecule has 0 spiro atoms. The van der Waals surface area contributed by atoms with E-state index in [9.17, 15) is 25.5 Å². The number of imidazole rings is 1. The van der Waals surface area contributed by atoms with Crippen LogP contribution in [-0.2, 0) is 5.75 Å². The van der Waals surface area contributed by atoms with Gasteiger partial charge in [-0.25, -0.2) is 9.97 Å². The Morgan fingerprint density at radius 2 is 1.86 bits per heavy atom. The number of fused-ring (bicyclic) bond motifs is 1. The molecule has 3 rings (SSSR count). The van der Waals surface area contributed by atoms with Gasteiger partial charge in [-0.05, 0) is 19.4 Å². The van der Waals surface area contributed by atoms with E-state index in [2.05, 4.69) is 21.0 Å². The van der Waals surface area contributed by atoms with Crippen molar-refractivity contribution in [3.63, 3.8) is 0 Å². The van der Waals surface area contributed by atoms with Crippen LogP contribution in [-0.4, -0.2) is 24.8 Å². The quantitative estimate of drug-likeness (QED) is 0.367. The standard InChI is InChI=1S/C16H11ClN6O4S/c1-7-9(5-18)16(19-8(2)15(7)17)28-6-14-20-10-3-12(22(24)25)13(23(26)27)4-11(10)21-14/h3-4H,6H2,1-2H3,(H,20,21). The summed E-state index contributed by atoms with van der Waals surface area (Å²) in [4.78, 5) is 32.0. The number of aromatic nitrogens is 3. The molecule has 3 aromatic rings. The molecule has 10 nitrogen and oxygen atoms in total. The van der Waals surface area contributed by atoms with E-state index < -0.39 is 21.2 Å². The van der Waals surface area contributed by atoms with E-state index in [0.29, 0.717) is 38.2 Å². The van der Waals surface area contributed by atoms with Gasteiger partial charge in [0.15, 0.2) is 0 Å². The molecule has 0 atom stereocenters. The highest BCUT2D eigenvalue weighted by molar-refractivity contribution is 7.98. The summed E-state index contributed by atoms with van der Waals surface area (Å²) in [7, 11) is 0. The summed E-state index contributed by atoms with van der Waals surface area (Å²) in [6.07, 6.45) is 0. The van der Waals surface area contributed by atoms with Crippen LogP contribution < -0.4 is 0 Å². The van der Waals surface area contributed by atoms with Crippen molar-refractivity contribution in [2.45, 2.75) is 24.6 Å². The van der Waals surface area contributed by atoms with Crippen LogP contribution in [0, 0.1) is 45.4 Å². The third-order valence-corrected chi connectivity index (χ3v) is 5.53. The molecule has 0 aliphatic heterocycles. The first-order chi connectivity index (χ1) is 13.2. The average molecular weight is 419 g/mol. The number of thioether (sulfide) groups is 1. The van der Waals surface area contributed by atoms with Crippen LogP contribution in [0.25, 0.3) is 11.0 Å². The third kappa shape index (κ3) is 3.47. The number of nitriles is 1. The number of rotatable bonds is 5. The summed E-state index contributed by atoms with van der Waals surface area (Å²) in [5.74, 6) is 0.712. The van der Waals surface area contributed by atoms with Crippen molar-refractivity contribution in [3.05, 3.63) is 60.0 Å². The number of nitro benzene ring substituents is 2. The number of nitrogens with one attached hydrogen (secondary N) is 1. The Hall–Kier alpha value is -3.23. The Morgan fingerprint density at radius 1 is 1.21 bits per heavy atom. The molecule has 0 radical (unpaired) electrons. The fraction of sp³-hybridized carbons (Fsp3) is 0.188. The minimum Gasteiger partial charge on any atom is -0.341 e. The second-order valence-corrected chi connectivity index (χ2v) is 7.11. The number of pyridine rings is 1. The molecule has 0 fully saturated rings. The predicted octanol–water partition coefficient (Wildman–Crippen LogP) is 4.21. The van der Waals surface area contributed by atoms with Crippen LogP contribution in [0.3, 0.4) is 0 Å².